The second-order valence-corrected chi connectivity index (χ2v) is 3.36. The van der Waals surface area contributed by atoms with E-state index in [1.807, 2.05) is 0 Å². The van der Waals surface area contributed by atoms with Crippen molar-refractivity contribution < 1.29 is 5.11 Å². The van der Waals surface area contributed by atoms with Gasteiger partial charge in [0.1, 0.15) is 0 Å². The molecule has 0 heterocycles. The highest BCUT2D eigenvalue weighted by Crippen LogP contribution is 2.28. The first kappa shape index (κ1) is 7.80. The lowest BCUT2D eigenvalue weighted by Gasteiger charge is -2.25. The molecule has 0 aromatic heterocycles. The fraction of sp³-hybridized carbons (Fsp3) is 0.778. The fourth-order valence-electron chi connectivity index (χ4n) is 1.61. The Hall–Kier alpha value is -0.300. The zero-order valence-electron chi connectivity index (χ0n) is 6.64. The molecule has 1 fully saturated rings. The van der Waals surface area contributed by atoms with Crippen molar-refractivity contribution in [2.45, 2.75) is 38.7 Å². The van der Waals surface area contributed by atoms with E-state index < -0.39 is 0 Å². The van der Waals surface area contributed by atoms with Gasteiger partial charge in [-0.3, -0.25) is 0 Å². The summed E-state index contributed by atoms with van der Waals surface area (Å²) in [6.45, 7) is 5.96. The third-order valence-electron chi connectivity index (χ3n) is 2.34. The van der Waals surface area contributed by atoms with Crippen molar-refractivity contribution in [3.05, 3.63) is 12.2 Å². The van der Waals surface area contributed by atoms with Crippen molar-refractivity contribution in [3.63, 3.8) is 0 Å². The predicted octanol–water partition coefficient (Wildman–Crippen LogP) is 2.11. The third-order valence-corrected chi connectivity index (χ3v) is 2.34. The average Bonchev–Trinajstić information content (AvgIpc) is 1.88. The highest BCUT2D eigenvalue weighted by Gasteiger charge is 2.19. The van der Waals surface area contributed by atoms with Crippen molar-refractivity contribution in [2.24, 2.45) is 5.92 Å². The van der Waals surface area contributed by atoms with Crippen LogP contribution in [-0.4, -0.2) is 11.2 Å². The lowest BCUT2D eigenvalue weighted by Crippen LogP contribution is -2.19. The van der Waals surface area contributed by atoms with Crippen molar-refractivity contribution in [2.75, 3.05) is 0 Å². The third kappa shape index (κ3) is 1.84. The molecule has 1 N–H and O–H groups in total. The van der Waals surface area contributed by atoms with Crippen LogP contribution in [0.3, 0.4) is 0 Å². The molecule has 1 rings (SSSR count). The fourth-order valence-corrected chi connectivity index (χ4v) is 1.61. The molecule has 0 amide bonds. The van der Waals surface area contributed by atoms with Crippen molar-refractivity contribution >= 4 is 0 Å². The van der Waals surface area contributed by atoms with Crippen LogP contribution in [0.2, 0.25) is 0 Å². The molecule has 0 aromatic carbocycles. The maximum Gasteiger partial charge on any atom is 0.0546 e. The number of aliphatic hydroxyl groups is 1. The first-order valence-corrected chi connectivity index (χ1v) is 4.03. The van der Waals surface area contributed by atoms with Crippen LogP contribution in [0, 0.1) is 5.92 Å². The first-order chi connectivity index (χ1) is 4.70. The van der Waals surface area contributed by atoms with Gasteiger partial charge in [0.15, 0.2) is 0 Å². The Morgan fingerprint density at radius 3 is 2.60 bits per heavy atom. The molecule has 1 heteroatoms. The standard InChI is InChI=1S/C9H16O/c1-7(2)8-4-3-5-9(10)6-8/h8-10H,1,3-6H2,2H3/t8-,9+/m0/s1. The number of rotatable bonds is 1. The molecule has 0 radical (unpaired) electrons. The van der Waals surface area contributed by atoms with Crippen LogP contribution in [-0.2, 0) is 0 Å². The first-order valence-electron chi connectivity index (χ1n) is 4.03. The van der Waals surface area contributed by atoms with E-state index in [-0.39, 0.29) is 6.10 Å². The normalized spacial score (nSPS) is 33.8. The topological polar surface area (TPSA) is 20.2 Å². The molecule has 2 atom stereocenters. The van der Waals surface area contributed by atoms with Crippen LogP contribution in [0.1, 0.15) is 32.6 Å². The van der Waals surface area contributed by atoms with Gasteiger partial charge in [0.25, 0.3) is 0 Å². The van der Waals surface area contributed by atoms with Gasteiger partial charge >= 0.3 is 0 Å². The lowest BCUT2D eigenvalue weighted by atomic mass is 9.83. The Morgan fingerprint density at radius 2 is 2.20 bits per heavy atom. The van der Waals surface area contributed by atoms with Gasteiger partial charge in [-0.15, -0.1) is 0 Å². The number of allylic oxidation sites excluding steroid dienone is 1. The van der Waals surface area contributed by atoms with E-state index in [0.29, 0.717) is 5.92 Å². The molecule has 1 nitrogen and oxygen atoms in total. The molecule has 1 aliphatic carbocycles. The number of aliphatic hydroxyl groups excluding tert-OH is 1. The molecule has 0 aromatic rings. The highest BCUT2D eigenvalue weighted by molar-refractivity contribution is 4.98. The van der Waals surface area contributed by atoms with Gasteiger partial charge in [0.05, 0.1) is 6.10 Å². The van der Waals surface area contributed by atoms with Crippen LogP contribution in [0.25, 0.3) is 0 Å². The second-order valence-electron chi connectivity index (χ2n) is 3.36. The van der Waals surface area contributed by atoms with Crippen LogP contribution in [0.4, 0.5) is 0 Å². The Morgan fingerprint density at radius 1 is 1.50 bits per heavy atom. The maximum absolute atomic E-state index is 9.29. The van der Waals surface area contributed by atoms with E-state index in [9.17, 15) is 5.11 Å². The molecule has 0 unspecified atom stereocenters. The van der Waals surface area contributed by atoms with Gasteiger partial charge in [-0.25, -0.2) is 0 Å². The summed E-state index contributed by atoms with van der Waals surface area (Å²) in [5.41, 5.74) is 1.23. The minimum atomic E-state index is -0.0598. The van der Waals surface area contributed by atoms with Gasteiger partial charge in [0.2, 0.25) is 0 Å². The Labute approximate surface area is 62.8 Å². The van der Waals surface area contributed by atoms with Gasteiger partial charge in [-0.2, -0.15) is 0 Å². The Bertz CT molecular complexity index is 129. The maximum atomic E-state index is 9.29. The molecule has 10 heavy (non-hydrogen) atoms. The summed E-state index contributed by atoms with van der Waals surface area (Å²) >= 11 is 0. The average molecular weight is 140 g/mol. The summed E-state index contributed by atoms with van der Waals surface area (Å²) in [5.74, 6) is 0.587. The van der Waals surface area contributed by atoms with E-state index in [1.54, 1.807) is 0 Å². The van der Waals surface area contributed by atoms with Crippen molar-refractivity contribution in [3.8, 4) is 0 Å². The summed E-state index contributed by atoms with van der Waals surface area (Å²) in [4.78, 5) is 0. The zero-order chi connectivity index (χ0) is 7.56. The summed E-state index contributed by atoms with van der Waals surface area (Å²) in [5, 5.41) is 9.29. The Kier molecular flexibility index (Phi) is 2.50. The molecule has 1 aliphatic rings. The van der Waals surface area contributed by atoms with E-state index in [4.69, 9.17) is 0 Å². The van der Waals surface area contributed by atoms with E-state index in [0.717, 1.165) is 12.8 Å². The quantitative estimate of drug-likeness (QED) is 0.553. The summed E-state index contributed by atoms with van der Waals surface area (Å²) in [6.07, 6.45) is 4.26. The molecule has 0 spiro atoms. The summed E-state index contributed by atoms with van der Waals surface area (Å²) in [7, 11) is 0. The second kappa shape index (κ2) is 3.20. The molecule has 1 saturated carbocycles. The Balaban J connectivity index is 2.39. The van der Waals surface area contributed by atoms with Crippen LogP contribution in [0.15, 0.2) is 12.2 Å². The van der Waals surface area contributed by atoms with E-state index >= 15 is 0 Å². The van der Waals surface area contributed by atoms with Crippen LogP contribution < -0.4 is 0 Å². The molecular weight excluding hydrogens is 124 g/mol. The summed E-state index contributed by atoms with van der Waals surface area (Å²) in [6, 6.07) is 0. The van der Waals surface area contributed by atoms with Crippen molar-refractivity contribution in [1.82, 2.24) is 0 Å². The zero-order valence-corrected chi connectivity index (χ0v) is 6.64. The van der Waals surface area contributed by atoms with Crippen LogP contribution >= 0.6 is 0 Å². The van der Waals surface area contributed by atoms with Crippen molar-refractivity contribution in [1.29, 1.82) is 0 Å². The highest BCUT2D eigenvalue weighted by atomic mass is 16.3. The predicted molar refractivity (Wildman–Crippen MR) is 42.8 cm³/mol. The monoisotopic (exact) mass is 140 g/mol. The van der Waals surface area contributed by atoms with E-state index in [2.05, 4.69) is 13.5 Å². The van der Waals surface area contributed by atoms with Gasteiger partial charge < -0.3 is 5.11 Å². The number of hydrogen-bond acceptors (Lipinski definition) is 1. The SMILES string of the molecule is C=C(C)[C@H]1CCC[C@@H](O)C1. The van der Waals surface area contributed by atoms with E-state index in [1.165, 1.54) is 18.4 Å². The van der Waals surface area contributed by atoms with Gasteiger partial charge in [-0.05, 0) is 32.1 Å². The molecule has 58 valence electrons. The van der Waals surface area contributed by atoms with Crippen LogP contribution in [0.5, 0.6) is 0 Å². The molecule has 0 aliphatic heterocycles. The molecule has 0 saturated heterocycles. The lowest BCUT2D eigenvalue weighted by molar-refractivity contribution is 0.110. The van der Waals surface area contributed by atoms with Gasteiger partial charge in [-0.1, -0.05) is 18.6 Å². The molecule has 0 bridgehead atoms. The smallest absolute Gasteiger partial charge is 0.0546 e. The molecular formula is C9H16O. The van der Waals surface area contributed by atoms with Gasteiger partial charge in [0, 0.05) is 0 Å². The number of hydrogen-bond donors (Lipinski definition) is 1. The largest absolute Gasteiger partial charge is 0.393 e. The minimum Gasteiger partial charge on any atom is -0.393 e. The summed E-state index contributed by atoms with van der Waals surface area (Å²) < 4.78 is 0. The minimum absolute atomic E-state index is 0.0598.